The Hall–Kier alpha value is -1.74. The van der Waals surface area contributed by atoms with Gasteiger partial charge in [0.2, 0.25) is 0 Å². The molecule has 0 atom stereocenters. The Morgan fingerprint density at radius 3 is 2.47 bits per heavy atom. The molecule has 0 spiro atoms. The predicted octanol–water partition coefficient (Wildman–Crippen LogP) is 4.31. The van der Waals surface area contributed by atoms with Crippen LogP contribution in [0.1, 0.15) is 0 Å². The molecule has 2 aromatic carbocycles. The van der Waals surface area contributed by atoms with E-state index in [1.54, 1.807) is 12.1 Å². The topological polar surface area (TPSA) is 21.3 Å². The number of ether oxygens (including phenoxy) is 1. The average Bonchev–Trinajstić information content (AvgIpc) is 2.35. The third-order valence-electron chi connectivity index (χ3n) is 2.26. The van der Waals surface area contributed by atoms with Crippen LogP contribution in [0.25, 0.3) is 0 Å². The highest BCUT2D eigenvalue weighted by Gasteiger charge is 2.05. The van der Waals surface area contributed by atoms with Crippen LogP contribution in [0.2, 0.25) is 5.02 Å². The summed E-state index contributed by atoms with van der Waals surface area (Å²) in [6.07, 6.45) is 0. The van der Waals surface area contributed by atoms with Gasteiger partial charge >= 0.3 is 0 Å². The summed E-state index contributed by atoms with van der Waals surface area (Å²) < 4.78 is 18.8. The van der Waals surface area contributed by atoms with Crippen molar-refractivity contribution in [2.24, 2.45) is 0 Å². The maximum Gasteiger partial charge on any atom is 0.165 e. The first-order valence-corrected chi connectivity index (χ1v) is 5.47. The molecule has 0 aliphatic rings. The van der Waals surface area contributed by atoms with Gasteiger partial charge in [-0.15, -0.1) is 0 Å². The third-order valence-corrected chi connectivity index (χ3v) is 2.50. The van der Waals surface area contributed by atoms with Gasteiger partial charge in [0.05, 0.1) is 0 Å². The second kappa shape index (κ2) is 5.06. The van der Waals surface area contributed by atoms with E-state index in [0.717, 1.165) is 5.69 Å². The fraction of sp³-hybridized carbons (Fsp3) is 0.0769. The van der Waals surface area contributed by atoms with Gasteiger partial charge in [0.25, 0.3) is 0 Å². The van der Waals surface area contributed by atoms with Crippen molar-refractivity contribution in [3.8, 4) is 11.5 Å². The Kier molecular flexibility index (Phi) is 3.49. The first-order chi connectivity index (χ1) is 8.19. The van der Waals surface area contributed by atoms with Crippen molar-refractivity contribution in [3.63, 3.8) is 0 Å². The van der Waals surface area contributed by atoms with Gasteiger partial charge < -0.3 is 10.1 Å². The first kappa shape index (κ1) is 11.7. The fourth-order valence-corrected chi connectivity index (χ4v) is 1.53. The fourth-order valence-electron chi connectivity index (χ4n) is 1.37. The van der Waals surface area contributed by atoms with Gasteiger partial charge in [0.1, 0.15) is 5.75 Å². The molecule has 0 fully saturated rings. The van der Waals surface area contributed by atoms with Crippen LogP contribution < -0.4 is 10.1 Å². The molecular formula is C13H11ClFNO. The van der Waals surface area contributed by atoms with Crippen molar-refractivity contribution in [1.82, 2.24) is 0 Å². The Morgan fingerprint density at radius 2 is 1.82 bits per heavy atom. The molecule has 88 valence electrons. The van der Waals surface area contributed by atoms with E-state index in [1.807, 2.05) is 19.2 Å². The van der Waals surface area contributed by atoms with E-state index in [0.29, 0.717) is 10.8 Å². The molecule has 0 bridgehead atoms. The highest BCUT2D eigenvalue weighted by Crippen LogP contribution is 2.27. The zero-order chi connectivity index (χ0) is 12.3. The molecule has 2 nitrogen and oxygen atoms in total. The number of hydrogen-bond donors (Lipinski definition) is 1. The van der Waals surface area contributed by atoms with Gasteiger partial charge in [-0.1, -0.05) is 11.6 Å². The summed E-state index contributed by atoms with van der Waals surface area (Å²) in [7, 11) is 1.83. The van der Waals surface area contributed by atoms with Crippen molar-refractivity contribution in [2.75, 3.05) is 12.4 Å². The van der Waals surface area contributed by atoms with Gasteiger partial charge in [-0.25, -0.2) is 4.39 Å². The number of benzene rings is 2. The van der Waals surface area contributed by atoms with Crippen molar-refractivity contribution in [2.45, 2.75) is 0 Å². The molecule has 0 saturated heterocycles. The lowest BCUT2D eigenvalue weighted by molar-refractivity contribution is 0.442. The molecular weight excluding hydrogens is 241 g/mol. The zero-order valence-electron chi connectivity index (χ0n) is 9.21. The number of rotatable bonds is 3. The van der Waals surface area contributed by atoms with Gasteiger partial charge in [0, 0.05) is 23.8 Å². The minimum Gasteiger partial charge on any atom is -0.454 e. The predicted molar refractivity (Wildman–Crippen MR) is 67.5 cm³/mol. The maximum atomic E-state index is 13.4. The van der Waals surface area contributed by atoms with E-state index in [-0.39, 0.29) is 5.75 Å². The average molecular weight is 252 g/mol. The highest BCUT2D eigenvalue weighted by molar-refractivity contribution is 6.30. The Bertz CT molecular complexity index is 513. The minimum atomic E-state index is -0.438. The molecule has 0 unspecified atom stereocenters. The van der Waals surface area contributed by atoms with Crippen LogP contribution >= 0.6 is 11.6 Å². The molecule has 2 aromatic rings. The summed E-state index contributed by atoms with van der Waals surface area (Å²) in [4.78, 5) is 0. The van der Waals surface area contributed by atoms with Crippen molar-refractivity contribution >= 4 is 17.3 Å². The number of halogens is 2. The van der Waals surface area contributed by atoms with E-state index in [1.165, 1.54) is 18.2 Å². The van der Waals surface area contributed by atoms with Crippen LogP contribution in [-0.4, -0.2) is 7.05 Å². The second-order valence-electron chi connectivity index (χ2n) is 3.45. The van der Waals surface area contributed by atoms with Crippen molar-refractivity contribution in [3.05, 3.63) is 53.3 Å². The van der Waals surface area contributed by atoms with Crippen LogP contribution in [0.15, 0.2) is 42.5 Å². The Labute approximate surface area is 104 Å². The largest absolute Gasteiger partial charge is 0.454 e. The van der Waals surface area contributed by atoms with Gasteiger partial charge in [0.15, 0.2) is 11.6 Å². The summed E-state index contributed by atoms with van der Waals surface area (Å²) in [5, 5.41) is 3.43. The van der Waals surface area contributed by atoms with Crippen LogP contribution in [0.4, 0.5) is 10.1 Å². The quantitative estimate of drug-likeness (QED) is 0.878. The van der Waals surface area contributed by atoms with Crippen molar-refractivity contribution < 1.29 is 9.13 Å². The standard InChI is InChI=1S/C13H11ClFNO/c1-16-10-3-5-11(6-4-10)17-13-8-9(14)2-7-12(13)15/h2-8,16H,1H3. The lowest BCUT2D eigenvalue weighted by Gasteiger charge is -2.07. The number of anilines is 1. The Balaban J connectivity index is 2.22. The van der Waals surface area contributed by atoms with Crippen LogP contribution in [0.5, 0.6) is 11.5 Å². The summed E-state index contributed by atoms with van der Waals surface area (Å²) in [6.45, 7) is 0. The maximum absolute atomic E-state index is 13.4. The lowest BCUT2D eigenvalue weighted by Crippen LogP contribution is -1.90. The van der Waals surface area contributed by atoms with Gasteiger partial charge in [-0.3, -0.25) is 0 Å². The summed E-state index contributed by atoms with van der Waals surface area (Å²) in [6, 6.07) is 11.4. The molecule has 0 aliphatic carbocycles. The highest BCUT2D eigenvalue weighted by atomic mass is 35.5. The van der Waals surface area contributed by atoms with E-state index < -0.39 is 5.82 Å². The molecule has 1 N–H and O–H groups in total. The SMILES string of the molecule is CNc1ccc(Oc2cc(Cl)ccc2F)cc1. The second-order valence-corrected chi connectivity index (χ2v) is 3.89. The molecule has 0 aromatic heterocycles. The van der Waals surface area contributed by atoms with Crippen LogP contribution in [0, 0.1) is 5.82 Å². The molecule has 0 saturated carbocycles. The normalized spacial score (nSPS) is 10.1. The molecule has 0 aliphatic heterocycles. The van der Waals surface area contributed by atoms with Crippen molar-refractivity contribution in [1.29, 1.82) is 0 Å². The third kappa shape index (κ3) is 2.88. The minimum absolute atomic E-state index is 0.120. The lowest BCUT2D eigenvalue weighted by atomic mass is 10.3. The summed E-state index contributed by atoms with van der Waals surface area (Å²) in [5.74, 6) is 0.243. The number of hydrogen-bond acceptors (Lipinski definition) is 2. The van der Waals surface area contributed by atoms with Crippen LogP contribution in [-0.2, 0) is 0 Å². The van der Waals surface area contributed by atoms with Gasteiger partial charge in [-0.2, -0.15) is 0 Å². The summed E-state index contributed by atoms with van der Waals surface area (Å²) >= 11 is 5.77. The Morgan fingerprint density at radius 1 is 1.12 bits per heavy atom. The molecule has 2 rings (SSSR count). The summed E-state index contributed by atoms with van der Waals surface area (Å²) in [5.41, 5.74) is 0.962. The monoisotopic (exact) mass is 251 g/mol. The molecule has 0 heterocycles. The molecule has 0 amide bonds. The first-order valence-electron chi connectivity index (χ1n) is 5.10. The van der Waals surface area contributed by atoms with E-state index in [4.69, 9.17) is 16.3 Å². The van der Waals surface area contributed by atoms with Crippen LogP contribution in [0.3, 0.4) is 0 Å². The van der Waals surface area contributed by atoms with E-state index in [9.17, 15) is 4.39 Å². The molecule has 0 radical (unpaired) electrons. The van der Waals surface area contributed by atoms with E-state index >= 15 is 0 Å². The smallest absolute Gasteiger partial charge is 0.165 e. The van der Waals surface area contributed by atoms with Gasteiger partial charge in [-0.05, 0) is 36.4 Å². The van der Waals surface area contributed by atoms with E-state index in [2.05, 4.69) is 5.32 Å². The number of nitrogens with one attached hydrogen (secondary N) is 1. The molecule has 4 heteroatoms. The zero-order valence-corrected chi connectivity index (χ0v) is 9.96. The molecule has 17 heavy (non-hydrogen) atoms.